The molecule has 0 aliphatic heterocycles. The Morgan fingerprint density at radius 3 is 2.94 bits per heavy atom. The van der Waals surface area contributed by atoms with Gasteiger partial charge in [-0.15, -0.1) is 0 Å². The van der Waals surface area contributed by atoms with Crippen molar-refractivity contribution in [3.63, 3.8) is 0 Å². The van der Waals surface area contributed by atoms with Crippen LogP contribution in [0.4, 0.5) is 0 Å². The van der Waals surface area contributed by atoms with Crippen molar-refractivity contribution >= 4 is 11.8 Å². The number of methoxy groups -OCH3 is 1. The van der Waals surface area contributed by atoms with Gasteiger partial charge >= 0.3 is 0 Å². The van der Waals surface area contributed by atoms with Crippen LogP contribution in [0.2, 0.25) is 0 Å². The van der Waals surface area contributed by atoms with Crippen molar-refractivity contribution in [1.29, 1.82) is 0 Å². The SMILES string of the molecule is CCSCCCN[C@@H](C)c1cccc(OC)c1. The van der Waals surface area contributed by atoms with Gasteiger partial charge in [0, 0.05) is 6.04 Å². The summed E-state index contributed by atoms with van der Waals surface area (Å²) in [6.45, 7) is 5.48. The van der Waals surface area contributed by atoms with E-state index in [4.69, 9.17) is 4.74 Å². The fraction of sp³-hybridized carbons (Fsp3) is 0.571. The van der Waals surface area contributed by atoms with E-state index in [9.17, 15) is 0 Å². The molecule has 0 amide bonds. The van der Waals surface area contributed by atoms with E-state index in [0.29, 0.717) is 6.04 Å². The van der Waals surface area contributed by atoms with Gasteiger partial charge in [-0.05, 0) is 49.1 Å². The van der Waals surface area contributed by atoms with E-state index in [0.717, 1.165) is 12.3 Å². The third kappa shape index (κ3) is 5.46. The summed E-state index contributed by atoms with van der Waals surface area (Å²) in [5.74, 6) is 3.39. The van der Waals surface area contributed by atoms with Crippen molar-refractivity contribution < 1.29 is 4.74 Å². The minimum atomic E-state index is 0.386. The topological polar surface area (TPSA) is 21.3 Å². The Kier molecular flexibility index (Phi) is 7.13. The summed E-state index contributed by atoms with van der Waals surface area (Å²) in [5.41, 5.74) is 1.28. The van der Waals surface area contributed by atoms with Gasteiger partial charge in [-0.25, -0.2) is 0 Å². The Balaban J connectivity index is 2.33. The Labute approximate surface area is 109 Å². The lowest BCUT2D eigenvalue weighted by molar-refractivity contribution is 0.413. The second-order valence-corrected chi connectivity index (χ2v) is 5.40. The molecule has 0 aliphatic rings. The van der Waals surface area contributed by atoms with Crippen LogP contribution in [0.3, 0.4) is 0 Å². The van der Waals surface area contributed by atoms with Crippen molar-refractivity contribution in [1.82, 2.24) is 5.32 Å². The summed E-state index contributed by atoms with van der Waals surface area (Å²) in [7, 11) is 1.71. The molecule has 0 spiro atoms. The predicted octanol–water partition coefficient (Wildman–Crippen LogP) is 3.49. The molecular weight excluding hydrogens is 230 g/mol. The first-order chi connectivity index (χ1) is 8.27. The van der Waals surface area contributed by atoms with Gasteiger partial charge in [-0.1, -0.05) is 19.1 Å². The number of benzene rings is 1. The predicted molar refractivity (Wildman–Crippen MR) is 77.0 cm³/mol. The number of hydrogen-bond donors (Lipinski definition) is 1. The number of hydrogen-bond acceptors (Lipinski definition) is 3. The van der Waals surface area contributed by atoms with Crippen LogP contribution in [0.5, 0.6) is 5.75 Å². The smallest absolute Gasteiger partial charge is 0.119 e. The normalized spacial score (nSPS) is 12.4. The molecule has 0 aromatic heterocycles. The zero-order chi connectivity index (χ0) is 12.5. The van der Waals surface area contributed by atoms with Crippen LogP contribution in [0.1, 0.15) is 31.9 Å². The molecule has 96 valence electrons. The Morgan fingerprint density at radius 2 is 2.24 bits per heavy atom. The summed E-state index contributed by atoms with van der Waals surface area (Å²) >= 11 is 2.00. The highest BCUT2D eigenvalue weighted by Crippen LogP contribution is 2.18. The number of ether oxygens (including phenoxy) is 1. The highest BCUT2D eigenvalue weighted by molar-refractivity contribution is 7.99. The van der Waals surface area contributed by atoms with Crippen LogP contribution >= 0.6 is 11.8 Å². The molecule has 0 saturated heterocycles. The average molecular weight is 253 g/mol. The summed E-state index contributed by atoms with van der Waals surface area (Å²) in [5, 5.41) is 3.54. The molecule has 1 atom stereocenters. The lowest BCUT2D eigenvalue weighted by Gasteiger charge is -2.14. The standard InChI is InChI=1S/C14H23NOS/c1-4-17-10-6-9-15-12(2)13-7-5-8-14(11-13)16-3/h5,7-8,11-12,15H,4,6,9-10H2,1-3H3/t12-/m0/s1. The highest BCUT2D eigenvalue weighted by Gasteiger charge is 2.04. The maximum atomic E-state index is 5.23. The van der Waals surface area contributed by atoms with Crippen LogP contribution in [-0.4, -0.2) is 25.2 Å². The Hall–Kier alpha value is -0.670. The summed E-state index contributed by atoms with van der Waals surface area (Å²) in [4.78, 5) is 0. The van der Waals surface area contributed by atoms with Gasteiger partial charge < -0.3 is 10.1 Å². The maximum absolute atomic E-state index is 5.23. The van der Waals surface area contributed by atoms with Crippen molar-refractivity contribution in [2.45, 2.75) is 26.3 Å². The molecule has 0 unspecified atom stereocenters. The summed E-state index contributed by atoms with van der Waals surface area (Å²) in [6, 6.07) is 8.64. The van der Waals surface area contributed by atoms with Crippen molar-refractivity contribution in [2.75, 3.05) is 25.2 Å². The third-order valence-electron chi connectivity index (χ3n) is 2.71. The van der Waals surface area contributed by atoms with Gasteiger partial charge in [0.15, 0.2) is 0 Å². The molecule has 0 fully saturated rings. The Bertz CT molecular complexity index is 317. The second-order valence-electron chi connectivity index (χ2n) is 4.00. The quantitative estimate of drug-likeness (QED) is 0.717. The van der Waals surface area contributed by atoms with Crippen LogP contribution < -0.4 is 10.1 Å². The van der Waals surface area contributed by atoms with Crippen molar-refractivity contribution in [2.24, 2.45) is 0 Å². The lowest BCUT2D eigenvalue weighted by Crippen LogP contribution is -2.20. The molecule has 1 aromatic rings. The molecule has 3 heteroatoms. The molecule has 0 saturated carbocycles. The van der Waals surface area contributed by atoms with Gasteiger partial charge in [0.2, 0.25) is 0 Å². The van der Waals surface area contributed by atoms with E-state index in [1.807, 2.05) is 23.9 Å². The molecule has 0 bridgehead atoms. The van der Waals surface area contributed by atoms with Crippen LogP contribution in [0.15, 0.2) is 24.3 Å². The monoisotopic (exact) mass is 253 g/mol. The molecule has 0 radical (unpaired) electrons. The van der Waals surface area contributed by atoms with E-state index >= 15 is 0 Å². The van der Waals surface area contributed by atoms with E-state index in [2.05, 4.69) is 31.3 Å². The summed E-state index contributed by atoms with van der Waals surface area (Å²) in [6.07, 6.45) is 1.23. The number of thioether (sulfide) groups is 1. The van der Waals surface area contributed by atoms with Gasteiger partial charge in [0.25, 0.3) is 0 Å². The third-order valence-corrected chi connectivity index (χ3v) is 3.70. The molecule has 0 aliphatic carbocycles. The lowest BCUT2D eigenvalue weighted by atomic mass is 10.1. The average Bonchev–Trinajstić information content (AvgIpc) is 2.38. The fourth-order valence-corrected chi connectivity index (χ4v) is 2.30. The van der Waals surface area contributed by atoms with Crippen molar-refractivity contribution in [3.8, 4) is 5.75 Å². The van der Waals surface area contributed by atoms with Gasteiger partial charge in [0.05, 0.1) is 7.11 Å². The van der Waals surface area contributed by atoms with E-state index < -0.39 is 0 Å². The molecule has 1 N–H and O–H groups in total. The first-order valence-electron chi connectivity index (χ1n) is 6.23. The van der Waals surface area contributed by atoms with E-state index in [1.165, 1.54) is 23.5 Å². The van der Waals surface area contributed by atoms with E-state index in [1.54, 1.807) is 7.11 Å². The minimum Gasteiger partial charge on any atom is -0.497 e. The maximum Gasteiger partial charge on any atom is 0.119 e. The number of rotatable bonds is 8. The van der Waals surface area contributed by atoms with Crippen molar-refractivity contribution in [3.05, 3.63) is 29.8 Å². The second kappa shape index (κ2) is 8.43. The van der Waals surface area contributed by atoms with Gasteiger partial charge in [-0.2, -0.15) is 11.8 Å². The largest absolute Gasteiger partial charge is 0.497 e. The molecule has 17 heavy (non-hydrogen) atoms. The first kappa shape index (κ1) is 14.4. The molecule has 2 nitrogen and oxygen atoms in total. The van der Waals surface area contributed by atoms with Gasteiger partial charge in [-0.3, -0.25) is 0 Å². The molecule has 1 rings (SSSR count). The number of nitrogens with one attached hydrogen (secondary N) is 1. The van der Waals surface area contributed by atoms with E-state index in [-0.39, 0.29) is 0 Å². The van der Waals surface area contributed by atoms with Crippen LogP contribution in [-0.2, 0) is 0 Å². The zero-order valence-corrected chi connectivity index (χ0v) is 11.8. The minimum absolute atomic E-state index is 0.386. The zero-order valence-electron chi connectivity index (χ0n) is 11.0. The highest BCUT2D eigenvalue weighted by atomic mass is 32.2. The first-order valence-corrected chi connectivity index (χ1v) is 7.38. The van der Waals surface area contributed by atoms with Gasteiger partial charge in [0.1, 0.15) is 5.75 Å². The molecule has 0 heterocycles. The summed E-state index contributed by atoms with van der Waals surface area (Å²) < 4.78 is 5.23. The fourth-order valence-electron chi connectivity index (χ4n) is 1.67. The Morgan fingerprint density at radius 1 is 1.41 bits per heavy atom. The van der Waals surface area contributed by atoms with Crippen LogP contribution in [0.25, 0.3) is 0 Å². The van der Waals surface area contributed by atoms with Crippen LogP contribution in [0, 0.1) is 0 Å². The molecular formula is C14H23NOS. The molecule has 1 aromatic carbocycles.